The molecule has 19 heavy (non-hydrogen) atoms. The Morgan fingerprint density at radius 3 is 2.42 bits per heavy atom. The van der Waals surface area contributed by atoms with E-state index in [1.54, 1.807) is 0 Å². The van der Waals surface area contributed by atoms with Gasteiger partial charge in [0.25, 0.3) is 0 Å². The molecule has 0 aliphatic heterocycles. The highest BCUT2D eigenvalue weighted by Crippen LogP contribution is 2.22. The number of aliphatic carboxylic acids is 1. The fourth-order valence-corrected chi connectivity index (χ4v) is 2.76. The average Bonchev–Trinajstić information content (AvgIpc) is 2.28. The topological polar surface area (TPSA) is 126 Å². The van der Waals surface area contributed by atoms with Crippen molar-refractivity contribution >= 4 is 33.6 Å². The van der Waals surface area contributed by atoms with Crippen molar-refractivity contribution in [1.29, 1.82) is 0 Å². The van der Waals surface area contributed by atoms with Crippen LogP contribution in [0.15, 0.2) is 23.1 Å². The zero-order valence-corrected chi connectivity index (χ0v) is 11.0. The molecule has 0 amide bonds. The molecule has 0 atom stereocenters. The van der Waals surface area contributed by atoms with Gasteiger partial charge in [-0.2, -0.15) is 0 Å². The van der Waals surface area contributed by atoms with Crippen LogP contribution in [0.25, 0.3) is 0 Å². The Labute approximate surface area is 113 Å². The predicted octanol–water partition coefficient (Wildman–Crippen LogP) is -1.88. The van der Waals surface area contributed by atoms with Gasteiger partial charge in [0.15, 0.2) is 0 Å². The number of rotatable bonds is 6. The number of nitrogens with one attached hydrogen (secondary N) is 1. The maximum atomic E-state index is 11.8. The van der Waals surface area contributed by atoms with E-state index in [0.717, 1.165) is 18.2 Å². The molecule has 1 N–H and O–H groups in total. The van der Waals surface area contributed by atoms with Crippen molar-refractivity contribution in [2.75, 3.05) is 6.54 Å². The van der Waals surface area contributed by atoms with Gasteiger partial charge in [0.2, 0.25) is 10.0 Å². The van der Waals surface area contributed by atoms with Gasteiger partial charge in [0.1, 0.15) is 4.90 Å². The maximum absolute atomic E-state index is 11.8. The molecule has 1 aromatic rings. The third-order valence-electron chi connectivity index (χ3n) is 2.08. The second-order valence-corrected chi connectivity index (χ2v) is 5.60. The van der Waals surface area contributed by atoms with Gasteiger partial charge in [0, 0.05) is 18.9 Å². The van der Waals surface area contributed by atoms with Crippen LogP contribution < -0.4 is 14.9 Å². The Bertz CT molecular complexity index is 612. The molecule has 1 aromatic carbocycles. The summed E-state index contributed by atoms with van der Waals surface area (Å²) < 4.78 is 25.5. The second-order valence-electron chi connectivity index (χ2n) is 3.45. The molecule has 0 unspecified atom stereocenters. The van der Waals surface area contributed by atoms with E-state index in [9.17, 15) is 28.2 Å². The molecule has 0 aliphatic carbocycles. The van der Waals surface area contributed by atoms with Gasteiger partial charge in [0.05, 0.1) is 11.0 Å². The number of benzene rings is 1. The lowest BCUT2D eigenvalue weighted by molar-refractivity contribution is -0.305. The molecule has 0 bridgehead atoms. The van der Waals surface area contributed by atoms with Crippen LogP contribution in [0, 0.1) is 0 Å². The van der Waals surface area contributed by atoms with Crippen LogP contribution in [0.5, 0.6) is 0 Å². The number of halogens is 1. The summed E-state index contributed by atoms with van der Waals surface area (Å²) in [6, 6.07) is 3.02. The van der Waals surface area contributed by atoms with Crippen molar-refractivity contribution in [2.45, 2.75) is 11.3 Å². The lowest BCUT2D eigenvalue weighted by Crippen LogP contribution is -2.31. The first-order chi connectivity index (χ1) is 8.74. The highest BCUT2D eigenvalue weighted by molar-refractivity contribution is 7.89. The number of aromatic carboxylic acids is 1. The molecule has 0 saturated heterocycles. The van der Waals surface area contributed by atoms with Gasteiger partial charge >= 0.3 is 0 Å². The number of hydrogen-bond acceptors (Lipinski definition) is 6. The molecular weight excluding hydrogens is 298 g/mol. The van der Waals surface area contributed by atoms with E-state index in [-0.39, 0.29) is 10.6 Å². The van der Waals surface area contributed by atoms with Crippen LogP contribution in [0.3, 0.4) is 0 Å². The molecule has 7 nitrogen and oxygen atoms in total. The third kappa shape index (κ3) is 4.19. The highest BCUT2D eigenvalue weighted by Gasteiger charge is 2.18. The number of carboxylic acids is 2. The Morgan fingerprint density at radius 1 is 1.26 bits per heavy atom. The Kier molecular flexibility index (Phi) is 4.87. The Morgan fingerprint density at radius 2 is 1.89 bits per heavy atom. The molecule has 1 rings (SSSR count). The second kappa shape index (κ2) is 6.00. The van der Waals surface area contributed by atoms with Crippen LogP contribution in [-0.2, 0) is 14.8 Å². The Balaban J connectivity index is 3.03. The number of sulfonamides is 1. The Hall–Kier alpha value is -1.64. The number of hydrogen-bond donors (Lipinski definition) is 1. The van der Waals surface area contributed by atoms with Gasteiger partial charge in [-0.1, -0.05) is 17.7 Å². The molecule has 0 saturated carbocycles. The molecular formula is C10H8ClNO6S-2. The maximum Gasteiger partial charge on any atom is 0.242 e. The smallest absolute Gasteiger partial charge is 0.242 e. The summed E-state index contributed by atoms with van der Waals surface area (Å²) in [4.78, 5) is 20.3. The average molecular weight is 306 g/mol. The molecule has 0 heterocycles. The molecule has 104 valence electrons. The van der Waals surface area contributed by atoms with Crippen LogP contribution in [-0.4, -0.2) is 26.9 Å². The largest absolute Gasteiger partial charge is 0.550 e. The predicted molar refractivity (Wildman–Crippen MR) is 60.6 cm³/mol. The summed E-state index contributed by atoms with van der Waals surface area (Å²) in [6.45, 7) is -0.392. The fraction of sp³-hybridized carbons (Fsp3) is 0.200. The van der Waals surface area contributed by atoms with E-state index in [4.69, 9.17) is 11.6 Å². The van der Waals surface area contributed by atoms with Crippen LogP contribution in [0.4, 0.5) is 0 Å². The molecule has 9 heteroatoms. The quantitative estimate of drug-likeness (QED) is 0.655. The van der Waals surface area contributed by atoms with Crippen molar-refractivity contribution in [3.05, 3.63) is 28.8 Å². The minimum absolute atomic E-state index is 0.189. The van der Waals surface area contributed by atoms with Crippen molar-refractivity contribution in [1.82, 2.24) is 4.72 Å². The number of carboxylic acid groups (broad SMARTS) is 2. The monoisotopic (exact) mass is 305 g/mol. The first-order valence-corrected chi connectivity index (χ1v) is 6.80. The van der Waals surface area contributed by atoms with E-state index in [2.05, 4.69) is 0 Å². The normalized spacial score (nSPS) is 11.2. The van der Waals surface area contributed by atoms with Crippen molar-refractivity contribution < 1.29 is 28.2 Å². The lowest BCUT2D eigenvalue weighted by Gasteiger charge is -2.10. The first-order valence-electron chi connectivity index (χ1n) is 4.94. The van der Waals surface area contributed by atoms with E-state index in [1.807, 2.05) is 4.72 Å². The van der Waals surface area contributed by atoms with Crippen LogP contribution in [0.1, 0.15) is 16.8 Å². The summed E-state index contributed by atoms with van der Waals surface area (Å²) in [5.41, 5.74) is -0.357. The lowest BCUT2D eigenvalue weighted by atomic mass is 10.2. The van der Waals surface area contributed by atoms with Gasteiger partial charge < -0.3 is 19.8 Å². The minimum atomic E-state index is -4.11. The van der Waals surface area contributed by atoms with Crippen molar-refractivity contribution in [3.63, 3.8) is 0 Å². The fourth-order valence-electron chi connectivity index (χ4n) is 1.20. The van der Waals surface area contributed by atoms with Crippen molar-refractivity contribution in [2.24, 2.45) is 0 Å². The van der Waals surface area contributed by atoms with Gasteiger partial charge in [-0.3, -0.25) is 0 Å². The number of carbonyl (C=O) groups is 2. The van der Waals surface area contributed by atoms with Gasteiger partial charge in [-0.05, 0) is 17.7 Å². The zero-order chi connectivity index (χ0) is 14.6. The highest BCUT2D eigenvalue weighted by atomic mass is 35.5. The first kappa shape index (κ1) is 15.4. The third-order valence-corrected chi connectivity index (χ3v) is 4.02. The zero-order valence-electron chi connectivity index (χ0n) is 9.38. The minimum Gasteiger partial charge on any atom is -0.550 e. The summed E-state index contributed by atoms with van der Waals surface area (Å²) in [7, 11) is -4.11. The SMILES string of the molecule is O=C([O-])CCNS(=O)(=O)c1cc(C(=O)[O-])ccc1Cl. The molecule has 0 spiro atoms. The van der Waals surface area contributed by atoms with Gasteiger partial charge in [-0.25, -0.2) is 13.1 Å². The van der Waals surface area contributed by atoms with Crippen LogP contribution in [0.2, 0.25) is 5.02 Å². The molecule has 0 aliphatic rings. The molecule has 0 fully saturated rings. The summed E-state index contributed by atoms with van der Waals surface area (Å²) in [6.07, 6.45) is -0.517. The summed E-state index contributed by atoms with van der Waals surface area (Å²) in [5, 5.41) is 20.6. The number of carbonyl (C=O) groups excluding carboxylic acids is 2. The summed E-state index contributed by atoms with van der Waals surface area (Å²) >= 11 is 5.67. The van der Waals surface area contributed by atoms with E-state index < -0.39 is 39.8 Å². The van der Waals surface area contributed by atoms with Crippen LogP contribution >= 0.6 is 11.6 Å². The molecule has 0 radical (unpaired) electrons. The van der Waals surface area contributed by atoms with E-state index in [1.165, 1.54) is 0 Å². The standard InChI is InChI=1S/C10H10ClNO6S/c11-7-2-1-6(10(15)16)5-8(7)19(17,18)12-4-3-9(13)14/h1-2,5,12H,3-4H2,(H,13,14)(H,15,16)/p-2. The van der Waals surface area contributed by atoms with E-state index >= 15 is 0 Å². The van der Waals surface area contributed by atoms with E-state index in [0.29, 0.717) is 0 Å². The summed E-state index contributed by atoms with van der Waals surface area (Å²) in [5.74, 6) is -2.97. The van der Waals surface area contributed by atoms with Crippen molar-refractivity contribution in [3.8, 4) is 0 Å². The molecule has 0 aromatic heterocycles. The van der Waals surface area contributed by atoms with Gasteiger partial charge in [-0.15, -0.1) is 0 Å².